The summed E-state index contributed by atoms with van der Waals surface area (Å²) in [5.74, 6) is -1.89. The number of ketones is 1. The summed E-state index contributed by atoms with van der Waals surface area (Å²) in [6, 6.07) is 17.3. The third kappa shape index (κ3) is 3.59. The molecule has 1 fully saturated rings. The normalized spacial score (nSPS) is 17.6. The molecule has 0 bridgehead atoms. The van der Waals surface area contributed by atoms with Crippen LogP contribution in [0.15, 0.2) is 72.3 Å². The number of halogens is 1. The molecule has 0 aliphatic carbocycles. The van der Waals surface area contributed by atoms with Crippen LogP contribution in [0, 0.1) is 6.92 Å². The zero-order valence-electron chi connectivity index (χ0n) is 17.4. The second kappa shape index (κ2) is 8.40. The van der Waals surface area contributed by atoms with E-state index in [0.29, 0.717) is 11.3 Å². The number of amides is 1. The molecule has 1 heterocycles. The number of phenols is 1. The molecule has 0 aromatic heterocycles. The van der Waals surface area contributed by atoms with E-state index in [9.17, 15) is 19.8 Å². The average Bonchev–Trinajstić information content (AvgIpc) is 3.06. The van der Waals surface area contributed by atoms with Gasteiger partial charge in [0.15, 0.2) is 0 Å². The summed E-state index contributed by atoms with van der Waals surface area (Å²) in [6.45, 7) is 1.81. The van der Waals surface area contributed by atoms with Crippen molar-refractivity contribution >= 4 is 34.7 Å². The highest BCUT2D eigenvalue weighted by molar-refractivity contribution is 6.52. The van der Waals surface area contributed by atoms with Gasteiger partial charge in [0, 0.05) is 5.56 Å². The van der Waals surface area contributed by atoms with Crippen LogP contribution < -0.4 is 9.64 Å². The number of methoxy groups -OCH3 is 1. The lowest BCUT2D eigenvalue weighted by Gasteiger charge is -2.26. The molecule has 32 heavy (non-hydrogen) atoms. The third-order valence-electron chi connectivity index (χ3n) is 5.38. The fourth-order valence-corrected chi connectivity index (χ4v) is 4.02. The number of hydrogen-bond acceptors (Lipinski definition) is 5. The first-order chi connectivity index (χ1) is 15.3. The Hall–Kier alpha value is -3.77. The Labute approximate surface area is 189 Å². The van der Waals surface area contributed by atoms with Crippen LogP contribution in [0.4, 0.5) is 5.69 Å². The zero-order chi connectivity index (χ0) is 23.0. The van der Waals surface area contributed by atoms with Crippen molar-refractivity contribution in [2.24, 2.45) is 0 Å². The van der Waals surface area contributed by atoms with Crippen molar-refractivity contribution in [3.05, 3.63) is 94.0 Å². The Morgan fingerprint density at radius 2 is 1.75 bits per heavy atom. The van der Waals surface area contributed by atoms with Gasteiger partial charge in [-0.1, -0.05) is 48.0 Å². The Balaban J connectivity index is 2.00. The lowest BCUT2D eigenvalue weighted by atomic mass is 9.95. The topological polar surface area (TPSA) is 87.1 Å². The number of phenolic OH excluding ortho intramolecular Hbond substituents is 1. The highest BCUT2D eigenvalue weighted by atomic mass is 35.5. The quantitative estimate of drug-likeness (QED) is 0.333. The predicted octanol–water partition coefficient (Wildman–Crippen LogP) is 4.99. The summed E-state index contributed by atoms with van der Waals surface area (Å²) >= 11 is 6.30. The second-order valence-electron chi connectivity index (χ2n) is 7.42. The molecule has 0 spiro atoms. The molecule has 1 unspecified atom stereocenters. The van der Waals surface area contributed by atoms with Crippen molar-refractivity contribution in [2.75, 3.05) is 12.0 Å². The van der Waals surface area contributed by atoms with Crippen LogP contribution in [0.5, 0.6) is 11.5 Å². The predicted molar refractivity (Wildman–Crippen MR) is 122 cm³/mol. The first kappa shape index (κ1) is 21.5. The molecule has 1 amide bonds. The number of aryl methyl sites for hydroxylation is 1. The van der Waals surface area contributed by atoms with E-state index in [4.69, 9.17) is 16.3 Å². The van der Waals surface area contributed by atoms with Gasteiger partial charge in [-0.25, -0.2) is 0 Å². The summed E-state index contributed by atoms with van der Waals surface area (Å²) in [6.07, 6.45) is 0. The minimum Gasteiger partial charge on any atom is -0.507 e. The van der Waals surface area contributed by atoms with Gasteiger partial charge in [0.05, 0.1) is 29.4 Å². The number of aromatic hydroxyl groups is 1. The molecule has 1 saturated heterocycles. The van der Waals surface area contributed by atoms with Gasteiger partial charge in [-0.3, -0.25) is 14.5 Å². The molecule has 0 saturated carbocycles. The molecule has 6 nitrogen and oxygen atoms in total. The van der Waals surface area contributed by atoms with E-state index in [2.05, 4.69) is 0 Å². The number of hydrogen-bond donors (Lipinski definition) is 2. The van der Waals surface area contributed by atoms with Crippen molar-refractivity contribution in [1.82, 2.24) is 0 Å². The molecule has 0 radical (unpaired) electrons. The van der Waals surface area contributed by atoms with E-state index in [1.165, 1.54) is 30.2 Å². The monoisotopic (exact) mass is 449 g/mol. The van der Waals surface area contributed by atoms with Crippen molar-refractivity contribution < 1.29 is 24.5 Å². The summed E-state index contributed by atoms with van der Waals surface area (Å²) in [5.41, 5.74) is 1.60. The number of Topliss-reactive ketones (excluding diaryl/α,β-unsaturated/α-hetero) is 1. The van der Waals surface area contributed by atoms with E-state index in [0.717, 1.165) is 5.56 Å². The second-order valence-corrected chi connectivity index (χ2v) is 7.82. The van der Waals surface area contributed by atoms with E-state index in [1.54, 1.807) is 48.5 Å². The van der Waals surface area contributed by atoms with Crippen LogP contribution in [-0.4, -0.2) is 29.0 Å². The molecule has 3 aromatic carbocycles. The van der Waals surface area contributed by atoms with Gasteiger partial charge < -0.3 is 14.9 Å². The molecule has 7 heteroatoms. The maximum Gasteiger partial charge on any atom is 0.300 e. The van der Waals surface area contributed by atoms with Gasteiger partial charge in [-0.05, 0) is 48.4 Å². The summed E-state index contributed by atoms with van der Waals surface area (Å²) in [5, 5.41) is 21.9. The smallest absolute Gasteiger partial charge is 0.300 e. The van der Waals surface area contributed by atoms with Crippen molar-refractivity contribution in [3.8, 4) is 11.5 Å². The molecular formula is C25H20ClNO5. The number of carbonyl (C=O) groups is 2. The van der Waals surface area contributed by atoms with Gasteiger partial charge in [-0.2, -0.15) is 0 Å². The van der Waals surface area contributed by atoms with Gasteiger partial charge >= 0.3 is 0 Å². The highest BCUT2D eigenvalue weighted by Crippen LogP contribution is 2.45. The number of benzene rings is 3. The van der Waals surface area contributed by atoms with Crippen LogP contribution in [0.25, 0.3) is 5.76 Å². The average molecular weight is 450 g/mol. The number of aliphatic hydroxyl groups is 1. The first-order valence-electron chi connectivity index (χ1n) is 9.83. The number of anilines is 1. The molecule has 162 valence electrons. The number of rotatable bonds is 4. The molecule has 1 aliphatic heterocycles. The van der Waals surface area contributed by atoms with E-state index in [1.807, 2.05) is 6.92 Å². The van der Waals surface area contributed by atoms with Crippen LogP contribution in [0.1, 0.15) is 22.7 Å². The van der Waals surface area contributed by atoms with Crippen molar-refractivity contribution in [3.63, 3.8) is 0 Å². The maximum atomic E-state index is 13.2. The lowest BCUT2D eigenvalue weighted by molar-refractivity contribution is -0.132. The highest BCUT2D eigenvalue weighted by Gasteiger charge is 2.47. The lowest BCUT2D eigenvalue weighted by Crippen LogP contribution is -2.29. The molecule has 1 aliphatic rings. The minimum absolute atomic E-state index is 0.128. The number of aliphatic hydroxyl groups excluding tert-OH is 1. The number of ether oxygens (including phenoxy) is 1. The van der Waals surface area contributed by atoms with Crippen LogP contribution >= 0.6 is 11.6 Å². The minimum atomic E-state index is -0.967. The fourth-order valence-electron chi connectivity index (χ4n) is 3.82. The van der Waals surface area contributed by atoms with Gasteiger partial charge in [0.2, 0.25) is 0 Å². The maximum absolute atomic E-state index is 13.2. The SMILES string of the molecule is COc1ccc(Cl)c(/C(O)=C2\C(=O)C(=O)N(c3cc(C)ccc3O)C2c2ccccc2)c1. The Kier molecular flexibility index (Phi) is 5.63. The van der Waals surface area contributed by atoms with Crippen molar-refractivity contribution in [1.29, 1.82) is 0 Å². The largest absolute Gasteiger partial charge is 0.507 e. The Morgan fingerprint density at radius 3 is 2.44 bits per heavy atom. The van der Waals surface area contributed by atoms with Gasteiger partial charge in [0.1, 0.15) is 17.3 Å². The Morgan fingerprint density at radius 1 is 1.03 bits per heavy atom. The first-order valence-corrected chi connectivity index (χ1v) is 10.2. The van der Waals surface area contributed by atoms with Gasteiger partial charge in [-0.15, -0.1) is 0 Å². The molecule has 1 atom stereocenters. The molecule has 4 rings (SSSR count). The van der Waals surface area contributed by atoms with E-state index >= 15 is 0 Å². The van der Waals surface area contributed by atoms with Crippen LogP contribution in [0.2, 0.25) is 5.02 Å². The van der Waals surface area contributed by atoms with E-state index in [-0.39, 0.29) is 27.6 Å². The standard InChI is InChI=1S/C25H20ClNO5/c1-14-8-11-20(28)19(12-14)27-22(15-6-4-3-5-7-15)21(24(30)25(27)31)23(29)17-13-16(32-2)9-10-18(17)26/h3-13,22,28-29H,1-2H3/b23-21+. The summed E-state index contributed by atoms with van der Waals surface area (Å²) < 4.78 is 5.21. The Bertz CT molecular complexity index is 1250. The summed E-state index contributed by atoms with van der Waals surface area (Å²) in [7, 11) is 1.47. The van der Waals surface area contributed by atoms with Crippen molar-refractivity contribution in [2.45, 2.75) is 13.0 Å². The molecule has 2 N–H and O–H groups in total. The molecular weight excluding hydrogens is 430 g/mol. The zero-order valence-corrected chi connectivity index (χ0v) is 18.1. The molecule has 3 aromatic rings. The third-order valence-corrected chi connectivity index (χ3v) is 5.71. The van der Waals surface area contributed by atoms with Crippen LogP contribution in [-0.2, 0) is 9.59 Å². The van der Waals surface area contributed by atoms with E-state index < -0.39 is 23.5 Å². The van der Waals surface area contributed by atoms with Crippen LogP contribution in [0.3, 0.4) is 0 Å². The van der Waals surface area contributed by atoms with Gasteiger partial charge in [0.25, 0.3) is 11.7 Å². The fraction of sp³-hybridized carbons (Fsp3) is 0.120. The summed E-state index contributed by atoms with van der Waals surface area (Å²) in [4.78, 5) is 27.6. The number of nitrogens with zero attached hydrogens (tertiary/aromatic N) is 1. The number of carbonyl (C=O) groups excluding carboxylic acids is 2.